The first-order valence-corrected chi connectivity index (χ1v) is 17.2. The molecule has 8 aromatic carbocycles. The van der Waals surface area contributed by atoms with Gasteiger partial charge in [0.25, 0.3) is 0 Å². The number of rotatable bonds is 4. The Balaban J connectivity index is 1.14. The van der Waals surface area contributed by atoms with Crippen LogP contribution in [0.1, 0.15) is 0 Å². The Kier molecular flexibility index (Phi) is 5.92. The third-order valence-electron chi connectivity index (χ3n) is 10.2. The van der Waals surface area contributed by atoms with Gasteiger partial charge in [0.2, 0.25) is 0 Å². The summed E-state index contributed by atoms with van der Waals surface area (Å²) in [6.07, 6.45) is 0. The quantitative estimate of drug-likeness (QED) is 0.190. The number of aromatic nitrogens is 3. The maximum Gasteiger partial charge on any atom is 0.164 e. The largest absolute Gasteiger partial charge is 0.455 e. The molecule has 1 aliphatic rings. The maximum absolute atomic E-state index is 6.76. The lowest BCUT2D eigenvalue weighted by Gasteiger charge is -2.12. The van der Waals surface area contributed by atoms with Gasteiger partial charge in [-0.1, -0.05) is 146 Å². The van der Waals surface area contributed by atoms with Crippen LogP contribution < -0.4 is 0 Å². The number of nitrogens with zero attached hydrogens (tertiary/aromatic N) is 3. The third kappa shape index (κ3) is 4.30. The van der Waals surface area contributed by atoms with Crippen LogP contribution in [0.5, 0.6) is 0 Å². The highest BCUT2D eigenvalue weighted by molar-refractivity contribution is 6.26. The van der Waals surface area contributed by atoms with E-state index in [1.165, 1.54) is 38.2 Å². The summed E-state index contributed by atoms with van der Waals surface area (Å²) in [5.41, 5.74) is 11.4. The summed E-state index contributed by atoms with van der Waals surface area (Å²) < 4.78 is 6.76. The number of furan rings is 1. The van der Waals surface area contributed by atoms with Crippen molar-refractivity contribution in [1.29, 1.82) is 0 Å². The lowest BCUT2D eigenvalue weighted by atomic mass is 9.95. The topological polar surface area (TPSA) is 51.8 Å². The molecule has 11 rings (SSSR count). The molecule has 0 saturated carbocycles. The number of hydrogen-bond acceptors (Lipinski definition) is 4. The minimum absolute atomic E-state index is 0.611. The molecule has 0 amide bonds. The minimum atomic E-state index is 0.611. The SMILES string of the molecule is c1ccc(-c2nc(-c3ccc(-c4ccc5ccccc5c4)cc3)nc(-c3cc4c(c5oc6ccccc6c35)-c3cccc5cccc-4c35)n2)cc1. The van der Waals surface area contributed by atoms with E-state index in [1.54, 1.807) is 0 Å². The molecule has 4 nitrogen and oxygen atoms in total. The Morgan fingerprint density at radius 3 is 1.80 bits per heavy atom. The fourth-order valence-electron chi connectivity index (χ4n) is 7.85. The first-order chi connectivity index (χ1) is 25.3. The van der Waals surface area contributed by atoms with Crippen molar-refractivity contribution in [3.05, 3.63) is 164 Å². The van der Waals surface area contributed by atoms with Crippen LogP contribution in [0.2, 0.25) is 0 Å². The normalized spacial score (nSPS) is 11.9. The zero-order valence-corrected chi connectivity index (χ0v) is 27.3. The van der Waals surface area contributed by atoms with Gasteiger partial charge in [0.05, 0.1) is 0 Å². The van der Waals surface area contributed by atoms with Crippen LogP contribution in [0.3, 0.4) is 0 Å². The zero-order valence-electron chi connectivity index (χ0n) is 27.3. The van der Waals surface area contributed by atoms with Crippen LogP contribution in [0.15, 0.2) is 168 Å². The molecule has 0 spiro atoms. The van der Waals surface area contributed by atoms with E-state index >= 15 is 0 Å². The van der Waals surface area contributed by atoms with E-state index in [2.05, 4.69) is 133 Å². The molecule has 0 radical (unpaired) electrons. The van der Waals surface area contributed by atoms with Gasteiger partial charge in [0.15, 0.2) is 17.5 Å². The summed E-state index contributed by atoms with van der Waals surface area (Å²) in [6.45, 7) is 0. The average molecular weight is 650 g/mol. The monoisotopic (exact) mass is 649 g/mol. The van der Waals surface area contributed by atoms with Gasteiger partial charge in [-0.25, -0.2) is 15.0 Å². The molecule has 2 aromatic heterocycles. The molecule has 0 bridgehead atoms. The van der Waals surface area contributed by atoms with Gasteiger partial charge in [-0.15, -0.1) is 0 Å². The van der Waals surface area contributed by atoms with Crippen molar-refractivity contribution in [2.75, 3.05) is 0 Å². The Labute approximate surface area is 293 Å². The van der Waals surface area contributed by atoms with Crippen LogP contribution in [0, 0.1) is 0 Å². The van der Waals surface area contributed by atoms with Crippen molar-refractivity contribution in [2.24, 2.45) is 0 Å². The maximum atomic E-state index is 6.76. The molecule has 0 saturated heterocycles. The van der Waals surface area contributed by atoms with Crippen LogP contribution in [-0.2, 0) is 0 Å². The first kappa shape index (κ1) is 28.0. The Bertz CT molecular complexity index is 3010. The first-order valence-electron chi connectivity index (χ1n) is 17.2. The summed E-state index contributed by atoms with van der Waals surface area (Å²) in [5.74, 6) is 1.86. The summed E-state index contributed by atoms with van der Waals surface area (Å²) in [7, 11) is 0. The molecule has 1 aliphatic carbocycles. The van der Waals surface area contributed by atoms with Crippen molar-refractivity contribution >= 4 is 43.5 Å². The Hall–Kier alpha value is -6.91. The Morgan fingerprint density at radius 1 is 0.353 bits per heavy atom. The molecule has 0 unspecified atom stereocenters. The Morgan fingerprint density at radius 2 is 0.980 bits per heavy atom. The molecule has 0 aliphatic heterocycles. The fraction of sp³-hybridized carbons (Fsp3) is 0. The van der Waals surface area contributed by atoms with Crippen LogP contribution in [0.25, 0.3) is 111 Å². The molecule has 2 heterocycles. The molecular weight excluding hydrogens is 623 g/mol. The molecule has 4 heteroatoms. The summed E-state index contributed by atoms with van der Waals surface area (Å²) in [6, 6.07) is 57.3. The van der Waals surface area contributed by atoms with Gasteiger partial charge >= 0.3 is 0 Å². The van der Waals surface area contributed by atoms with Crippen molar-refractivity contribution in [1.82, 2.24) is 15.0 Å². The van der Waals surface area contributed by atoms with Gasteiger partial charge in [0, 0.05) is 33.0 Å². The highest BCUT2D eigenvalue weighted by Crippen LogP contribution is 2.53. The molecule has 0 fully saturated rings. The summed E-state index contributed by atoms with van der Waals surface area (Å²) >= 11 is 0. The molecule has 0 atom stereocenters. The van der Waals surface area contributed by atoms with Crippen molar-refractivity contribution < 1.29 is 4.42 Å². The predicted molar refractivity (Wildman–Crippen MR) is 208 cm³/mol. The number of fused-ring (bicyclic) bond motifs is 8. The van der Waals surface area contributed by atoms with Gasteiger partial charge in [-0.05, 0) is 67.6 Å². The van der Waals surface area contributed by atoms with E-state index < -0.39 is 0 Å². The molecular formula is C47H27N3O. The van der Waals surface area contributed by atoms with Crippen molar-refractivity contribution in [3.8, 4) is 67.5 Å². The van der Waals surface area contributed by atoms with E-state index in [4.69, 9.17) is 19.4 Å². The lowest BCUT2D eigenvalue weighted by Crippen LogP contribution is -2.01. The molecule has 236 valence electrons. The minimum Gasteiger partial charge on any atom is -0.455 e. The van der Waals surface area contributed by atoms with E-state index in [0.29, 0.717) is 17.5 Å². The molecule has 0 N–H and O–H groups in total. The average Bonchev–Trinajstić information content (AvgIpc) is 3.75. The summed E-state index contributed by atoms with van der Waals surface area (Å²) in [5, 5.41) is 6.97. The number of para-hydroxylation sites is 1. The number of benzene rings is 8. The second-order valence-corrected chi connectivity index (χ2v) is 13.2. The van der Waals surface area contributed by atoms with Crippen molar-refractivity contribution in [2.45, 2.75) is 0 Å². The van der Waals surface area contributed by atoms with E-state index in [1.807, 2.05) is 30.3 Å². The standard InChI is InChI=1S/C47H27N3O/c1-2-11-31(12-3-1)45-48-46(32-23-20-29(21-24-32)34-25-22-28-10-4-5-13-33(28)26-34)50-47(49-45)39-27-38-35-17-8-14-30-15-9-18-37(41(30)35)43(38)44-42(39)36-16-6-7-19-40(36)51-44/h1-27H. The van der Waals surface area contributed by atoms with E-state index in [0.717, 1.165) is 55.3 Å². The van der Waals surface area contributed by atoms with Gasteiger partial charge in [0.1, 0.15) is 11.2 Å². The van der Waals surface area contributed by atoms with Gasteiger partial charge < -0.3 is 4.42 Å². The third-order valence-corrected chi connectivity index (χ3v) is 10.2. The number of hydrogen-bond donors (Lipinski definition) is 0. The van der Waals surface area contributed by atoms with Crippen LogP contribution in [-0.4, -0.2) is 15.0 Å². The second kappa shape index (κ2) is 10.8. The second-order valence-electron chi connectivity index (χ2n) is 13.2. The molecule has 51 heavy (non-hydrogen) atoms. The van der Waals surface area contributed by atoms with Crippen molar-refractivity contribution in [3.63, 3.8) is 0 Å². The van der Waals surface area contributed by atoms with Gasteiger partial charge in [-0.2, -0.15) is 0 Å². The van der Waals surface area contributed by atoms with Gasteiger partial charge in [-0.3, -0.25) is 0 Å². The smallest absolute Gasteiger partial charge is 0.164 e. The molecule has 10 aromatic rings. The van der Waals surface area contributed by atoms with Crippen LogP contribution >= 0.6 is 0 Å². The highest BCUT2D eigenvalue weighted by Gasteiger charge is 2.29. The predicted octanol–water partition coefficient (Wildman–Crippen LogP) is 12.4. The zero-order chi connectivity index (χ0) is 33.5. The summed E-state index contributed by atoms with van der Waals surface area (Å²) in [4.78, 5) is 15.5. The fourth-order valence-corrected chi connectivity index (χ4v) is 7.85. The van der Waals surface area contributed by atoms with E-state index in [-0.39, 0.29) is 0 Å². The van der Waals surface area contributed by atoms with E-state index in [9.17, 15) is 0 Å². The van der Waals surface area contributed by atoms with Crippen LogP contribution in [0.4, 0.5) is 0 Å². The lowest BCUT2D eigenvalue weighted by molar-refractivity contribution is 0.670. The highest BCUT2D eigenvalue weighted by atomic mass is 16.3.